The lowest BCUT2D eigenvalue weighted by molar-refractivity contribution is 0.349. The summed E-state index contributed by atoms with van der Waals surface area (Å²) in [5.74, 6) is 1.26. The van der Waals surface area contributed by atoms with Crippen molar-refractivity contribution in [3.05, 3.63) is 35.4 Å². The average Bonchev–Trinajstić information content (AvgIpc) is 2.68. The number of hydrogen-bond donors (Lipinski definition) is 1. The van der Waals surface area contributed by atoms with Gasteiger partial charge < -0.3 is 5.32 Å². The predicted octanol–water partition coefficient (Wildman–Crippen LogP) is 6.03. The number of nitriles is 1. The first-order chi connectivity index (χ1) is 13.3. The Morgan fingerprint density at radius 3 is 2.36 bits per heavy atom. The normalized spacial score (nSPS) is 19.9. The third-order valence-electron chi connectivity index (χ3n) is 5.64. The second kappa shape index (κ2) is 8.53. The van der Waals surface area contributed by atoms with Crippen LogP contribution in [-0.4, -0.2) is 22.3 Å². The monoisotopic (exact) mass is 394 g/mol. The first-order valence-electron chi connectivity index (χ1n) is 10.1. The quantitative estimate of drug-likeness (QED) is 0.507. The Labute approximate surface area is 173 Å². The molecular formula is C23H30N4S. The van der Waals surface area contributed by atoms with Gasteiger partial charge in [0.1, 0.15) is 17.5 Å². The molecule has 1 saturated carbocycles. The molecule has 0 saturated heterocycles. The molecule has 1 N–H and O–H groups in total. The maximum Gasteiger partial charge on any atom is 0.189 e. The van der Waals surface area contributed by atoms with Crippen LogP contribution in [0.2, 0.25) is 0 Å². The molecule has 148 valence electrons. The summed E-state index contributed by atoms with van der Waals surface area (Å²) in [5, 5.41) is 14.2. The van der Waals surface area contributed by atoms with E-state index in [2.05, 4.69) is 73.3 Å². The van der Waals surface area contributed by atoms with E-state index in [9.17, 15) is 5.26 Å². The van der Waals surface area contributed by atoms with Crippen molar-refractivity contribution < 1.29 is 0 Å². The maximum atomic E-state index is 9.93. The second-order valence-corrected chi connectivity index (χ2v) is 9.51. The molecule has 3 rings (SSSR count). The fraction of sp³-hybridized carbons (Fsp3) is 0.522. The number of nitrogens with one attached hydrogen (secondary N) is 1. The maximum absolute atomic E-state index is 9.93. The van der Waals surface area contributed by atoms with Crippen molar-refractivity contribution in [3.63, 3.8) is 0 Å². The van der Waals surface area contributed by atoms with Crippen LogP contribution in [0.3, 0.4) is 0 Å². The van der Waals surface area contributed by atoms with Crippen molar-refractivity contribution in [1.82, 2.24) is 9.97 Å². The van der Waals surface area contributed by atoms with E-state index in [-0.39, 0.29) is 5.41 Å². The minimum absolute atomic E-state index is 0.0938. The van der Waals surface area contributed by atoms with Crippen molar-refractivity contribution in [3.8, 4) is 17.3 Å². The van der Waals surface area contributed by atoms with Gasteiger partial charge in [0.25, 0.3) is 0 Å². The molecule has 1 aliphatic rings. The topological polar surface area (TPSA) is 61.6 Å². The van der Waals surface area contributed by atoms with Gasteiger partial charge in [0.15, 0.2) is 5.16 Å². The zero-order chi connectivity index (χ0) is 20.3. The number of aromatic nitrogens is 2. The first-order valence-corrected chi connectivity index (χ1v) is 11.3. The van der Waals surface area contributed by atoms with Gasteiger partial charge in [-0.1, -0.05) is 76.6 Å². The van der Waals surface area contributed by atoms with Crippen LogP contribution in [-0.2, 0) is 5.41 Å². The van der Waals surface area contributed by atoms with Gasteiger partial charge in [-0.25, -0.2) is 9.97 Å². The lowest BCUT2D eigenvalue weighted by Crippen LogP contribution is -2.31. The van der Waals surface area contributed by atoms with E-state index in [0.29, 0.717) is 34.2 Å². The molecule has 0 amide bonds. The molecule has 1 fully saturated rings. The Morgan fingerprint density at radius 2 is 1.79 bits per heavy atom. The lowest BCUT2D eigenvalue weighted by atomic mass is 9.85. The van der Waals surface area contributed by atoms with Gasteiger partial charge in [-0.15, -0.1) is 0 Å². The minimum atomic E-state index is 0.0938. The van der Waals surface area contributed by atoms with Crippen LogP contribution in [0.4, 0.5) is 5.82 Å². The molecule has 28 heavy (non-hydrogen) atoms. The Kier molecular flexibility index (Phi) is 6.30. The molecule has 0 radical (unpaired) electrons. The smallest absolute Gasteiger partial charge is 0.189 e. The summed E-state index contributed by atoms with van der Waals surface area (Å²) < 4.78 is 0. The SMILES string of the molecule is CSc1nc(N[C@H]2CCCC[C@H]2C)c(C#N)c(-c2ccc(C(C)(C)C)cc2)n1. The summed E-state index contributed by atoms with van der Waals surface area (Å²) >= 11 is 1.51. The highest BCUT2D eigenvalue weighted by Crippen LogP contribution is 2.33. The Balaban J connectivity index is 2.02. The fourth-order valence-corrected chi connectivity index (χ4v) is 4.15. The molecule has 4 nitrogen and oxygen atoms in total. The molecule has 2 atom stereocenters. The van der Waals surface area contributed by atoms with Gasteiger partial charge in [-0.3, -0.25) is 0 Å². The van der Waals surface area contributed by atoms with Crippen LogP contribution in [0.15, 0.2) is 29.4 Å². The van der Waals surface area contributed by atoms with E-state index in [0.717, 1.165) is 12.0 Å². The third kappa shape index (κ3) is 4.50. The zero-order valence-corrected chi connectivity index (χ0v) is 18.4. The van der Waals surface area contributed by atoms with Gasteiger partial charge in [0.05, 0.1) is 5.69 Å². The number of nitrogens with zero attached hydrogens (tertiary/aromatic N) is 3. The van der Waals surface area contributed by atoms with Crippen molar-refractivity contribution in [2.24, 2.45) is 5.92 Å². The van der Waals surface area contributed by atoms with Gasteiger partial charge in [0, 0.05) is 11.6 Å². The molecule has 1 aromatic carbocycles. The Hall–Kier alpha value is -2.06. The van der Waals surface area contributed by atoms with E-state index >= 15 is 0 Å². The molecular weight excluding hydrogens is 364 g/mol. The molecule has 0 unspecified atom stereocenters. The van der Waals surface area contributed by atoms with Crippen molar-refractivity contribution >= 4 is 17.6 Å². The van der Waals surface area contributed by atoms with Gasteiger partial charge in [0.2, 0.25) is 0 Å². The highest BCUT2D eigenvalue weighted by molar-refractivity contribution is 7.98. The summed E-state index contributed by atoms with van der Waals surface area (Å²) in [6, 6.07) is 11.1. The highest BCUT2D eigenvalue weighted by Gasteiger charge is 2.24. The molecule has 1 aliphatic carbocycles. The van der Waals surface area contributed by atoms with Crippen LogP contribution in [0.5, 0.6) is 0 Å². The second-order valence-electron chi connectivity index (χ2n) is 8.73. The minimum Gasteiger partial charge on any atom is -0.366 e. The third-order valence-corrected chi connectivity index (χ3v) is 6.19. The van der Waals surface area contributed by atoms with E-state index in [1.807, 2.05) is 6.26 Å². The standard InChI is InChI=1S/C23H30N4S/c1-15-8-6-7-9-19(15)25-21-18(14-24)20(26-22(27-21)28-5)16-10-12-17(13-11-16)23(2,3)4/h10-13,15,19H,6-9H2,1-5H3,(H,25,26,27)/t15-,19+/m1/s1. The molecule has 0 aliphatic heterocycles. The molecule has 1 aromatic heterocycles. The van der Waals surface area contributed by atoms with Crippen LogP contribution in [0.25, 0.3) is 11.3 Å². The largest absolute Gasteiger partial charge is 0.366 e. The first kappa shape index (κ1) is 20.7. The van der Waals surface area contributed by atoms with Crippen LogP contribution in [0.1, 0.15) is 64.5 Å². The highest BCUT2D eigenvalue weighted by atomic mass is 32.2. The Morgan fingerprint density at radius 1 is 1.11 bits per heavy atom. The molecule has 1 heterocycles. The van der Waals surface area contributed by atoms with E-state index < -0.39 is 0 Å². The number of rotatable bonds is 4. The number of benzene rings is 1. The summed E-state index contributed by atoms with van der Waals surface area (Å²) in [5.41, 5.74) is 3.58. The number of thioether (sulfide) groups is 1. The van der Waals surface area contributed by atoms with E-state index in [4.69, 9.17) is 0 Å². The Bertz CT molecular complexity index is 862. The number of anilines is 1. The van der Waals surface area contributed by atoms with E-state index in [1.54, 1.807) is 0 Å². The summed E-state index contributed by atoms with van der Waals surface area (Å²) in [4.78, 5) is 9.34. The predicted molar refractivity (Wildman–Crippen MR) is 118 cm³/mol. The van der Waals surface area contributed by atoms with Crippen molar-refractivity contribution in [1.29, 1.82) is 5.26 Å². The van der Waals surface area contributed by atoms with Gasteiger partial charge in [-0.2, -0.15) is 5.26 Å². The molecule has 0 bridgehead atoms. The molecule has 5 heteroatoms. The van der Waals surface area contributed by atoms with Gasteiger partial charge in [-0.05, 0) is 36.0 Å². The van der Waals surface area contributed by atoms with Gasteiger partial charge >= 0.3 is 0 Å². The zero-order valence-electron chi connectivity index (χ0n) is 17.5. The van der Waals surface area contributed by atoms with Crippen molar-refractivity contribution in [2.75, 3.05) is 11.6 Å². The van der Waals surface area contributed by atoms with Crippen LogP contribution >= 0.6 is 11.8 Å². The summed E-state index contributed by atoms with van der Waals surface area (Å²) in [6.07, 6.45) is 6.84. The average molecular weight is 395 g/mol. The van der Waals surface area contributed by atoms with Crippen LogP contribution < -0.4 is 5.32 Å². The van der Waals surface area contributed by atoms with E-state index in [1.165, 1.54) is 36.6 Å². The summed E-state index contributed by atoms with van der Waals surface area (Å²) in [6.45, 7) is 8.89. The van der Waals surface area contributed by atoms with Crippen molar-refractivity contribution in [2.45, 2.75) is 70.0 Å². The number of hydrogen-bond acceptors (Lipinski definition) is 5. The molecule has 2 aromatic rings. The fourth-order valence-electron chi connectivity index (χ4n) is 3.79. The lowest BCUT2D eigenvalue weighted by Gasteiger charge is -2.30. The van der Waals surface area contributed by atoms with Crippen LogP contribution in [0, 0.1) is 17.2 Å². The summed E-state index contributed by atoms with van der Waals surface area (Å²) in [7, 11) is 0. The molecule has 0 spiro atoms.